The first-order valence-corrected chi connectivity index (χ1v) is 11.2. The Hall–Kier alpha value is -2.34. The van der Waals surface area contributed by atoms with Crippen LogP contribution in [0.2, 0.25) is 0 Å². The highest BCUT2D eigenvalue weighted by atomic mass is 16.5. The van der Waals surface area contributed by atoms with E-state index in [0.717, 1.165) is 44.0 Å². The zero-order valence-corrected chi connectivity index (χ0v) is 20.1. The van der Waals surface area contributed by atoms with Gasteiger partial charge in [0.05, 0.1) is 7.11 Å². The Morgan fingerprint density at radius 3 is 2.35 bits per heavy atom. The Kier molecular flexibility index (Phi) is 9.11. The maximum Gasteiger partial charge on any atom is 0.228 e. The fraction of sp³-hybridized carbons (Fsp3) is 0.600. The Balaban J connectivity index is 1.91. The van der Waals surface area contributed by atoms with Crippen LogP contribution in [-0.2, 0) is 9.59 Å². The third-order valence-electron chi connectivity index (χ3n) is 5.55. The zero-order valence-electron chi connectivity index (χ0n) is 20.1. The van der Waals surface area contributed by atoms with Gasteiger partial charge in [-0.2, -0.15) is 0 Å². The van der Waals surface area contributed by atoms with Crippen LogP contribution >= 0.6 is 0 Å². The second-order valence-electron chi connectivity index (χ2n) is 9.47. The molecule has 0 spiro atoms. The fourth-order valence-corrected chi connectivity index (χ4v) is 3.68. The molecule has 1 fully saturated rings. The molecule has 1 aromatic rings. The molecule has 0 saturated carbocycles. The molecular weight excluding hydrogens is 390 g/mol. The van der Waals surface area contributed by atoms with Gasteiger partial charge in [0.15, 0.2) is 0 Å². The highest BCUT2D eigenvalue weighted by molar-refractivity contribution is 5.81. The molecule has 0 aromatic heterocycles. The Bertz CT molecular complexity index is 760. The van der Waals surface area contributed by atoms with Crippen molar-refractivity contribution in [3.63, 3.8) is 0 Å². The van der Waals surface area contributed by atoms with Gasteiger partial charge in [0, 0.05) is 62.7 Å². The van der Waals surface area contributed by atoms with E-state index in [1.54, 1.807) is 7.11 Å². The van der Waals surface area contributed by atoms with E-state index in [2.05, 4.69) is 4.90 Å². The number of methoxy groups -OCH3 is 1. The van der Waals surface area contributed by atoms with Crippen LogP contribution in [0.1, 0.15) is 40.2 Å². The molecule has 1 aromatic carbocycles. The van der Waals surface area contributed by atoms with Gasteiger partial charge in [-0.05, 0) is 6.07 Å². The quantitative estimate of drug-likeness (QED) is 0.636. The summed E-state index contributed by atoms with van der Waals surface area (Å²) in [5, 5.41) is 0. The fourth-order valence-electron chi connectivity index (χ4n) is 3.68. The van der Waals surface area contributed by atoms with Crippen LogP contribution in [0.25, 0.3) is 6.08 Å². The molecule has 0 unspecified atom stereocenters. The van der Waals surface area contributed by atoms with Crippen molar-refractivity contribution in [1.29, 1.82) is 0 Å². The van der Waals surface area contributed by atoms with Crippen molar-refractivity contribution in [2.45, 2.75) is 34.6 Å². The van der Waals surface area contributed by atoms with Crippen molar-refractivity contribution in [3.05, 3.63) is 35.9 Å². The lowest BCUT2D eigenvalue weighted by atomic mass is 9.94. The van der Waals surface area contributed by atoms with Gasteiger partial charge in [-0.1, -0.05) is 65.0 Å². The molecule has 0 N–H and O–H groups in total. The molecule has 6 heteroatoms. The largest absolute Gasteiger partial charge is 0.496 e. The third kappa shape index (κ3) is 7.39. The standard InChI is InChI=1S/C25H39N3O3/c1-20(2)23(29)27(13-9-11-21-10-7-8-12-22(21)31-6)17-14-26-15-18-28(19-16-26)24(30)25(3,4)5/h7-12,20H,13-19H2,1-6H3/b11-9+. The van der Waals surface area contributed by atoms with Crippen LogP contribution in [0.4, 0.5) is 0 Å². The molecule has 1 heterocycles. The molecule has 0 radical (unpaired) electrons. The Labute approximate surface area is 187 Å². The highest BCUT2D eigenvalue weighted by Crippen LogP contribution is 2.20. The summed E-state index contributed by atoms with van der Waals surface area (Å²) in [6.07, 6.45) is 4.04. The number of para-hydroxylation sites is 1. The first kappa shape index (κ1) is 24.9. The predicted molar refractivity (Wildman–Crippen MR) is 126 cm³/mol. The summed E-state index contributed by atoms with van der Waals surface area (Å²) >= 11 is 0. The predicted octanol–water partition coefficient (Wildman–Crippen LogP) is 3.38. The number of ether oxygens (including phenoxy) is 1. The minimum absolute atomic E-state index is 0.0408. The van der Waals surface area contributed by atoms with E-state index < -0.39 is 0 Å². The van der Waals surface area contributed by atoms with Gasteiger partial charge in [-0.25, -0.2) is 0 Å². The number of carbonyl (C=O) groups excluding carboxylic acids is 2. The molecule has 172 valence electrons. The minimum Gasteiger partial charge on any atom is -0.496 e. The summed E-state index contributed by atoms with van der Waals surface area (Å²) in [7, 11) is 1.66. The molecule has 0 atom stereocenters. The van der Waals surface area contributed by atoms with Gasteiger partial charge in [0.2, 0.25) is 11.8 Å². The summed E-state index contributed by atoms with van der Waals surface area (Å²) in [5.74, 6) is 1.15. The average molecular weight is 430 g/mol. The maximum absolute atomic E-state index is 12.7. The average Bonchev–Trinajstić information content (AvgIpc) is 2.75. The van der Waals surface area contributed by atoms with Crippen LogP contribution in [0, 0.1) is 11.3 Å². The van der Waals surface area contributed by atoms with E-state index in [0.29, 0.717) is 13.1 Å². The van der Waals surface area contributed by atoms with Crippen molar-refractivity contribution in [2.75, 3.05) is 52.9 Å². The van der Waals surface area contributed by atoms with Crippen molar-refractivity contribution in [3.8, 4) is 5.75 Å². The van der Waals surface area contributed by atoms with Crippen molar-refractivity contribution >= 4 is 17.9 Å². The summed E-state index contributed by atoms with van der Waals surface area (Å²) in [5.41, 5.74) is 0.665. The maximum atomic E-state index is 12.7. The molecule has 6 nitrogen and oxygen atoms in total. The topological polar surface area (TPSA) is 53.1 Å². The second-order valence-corrected chi connectivity index (χ2v) is 9.47. The van der Waals surface area contributed by atoms with Gasteiger partial charge in [0.1, 0.15) is 5.75 Å². The molecule has 1 aliphatic rings. The number of rotatable bonds is 8. The molecule has 2 amide bonds. The number of amides is 2. The number of hydrogen-bond acceptors (Lipinski definition) is 4. The summed E-state index contributed by atoms with van der Waals surface area (Å²) < 4.78 is 5.40. The molecule has 2 rings (SSSR count). The van der Waals surface area contributed by atoms with Crippen LogP contribution in [0.5, 0.6) is 5.75 Å². The number of piperazine rings is 1. The Morgan fingerprint density at radius 2 is 1.77 bits per heavy atom. The number of hydrogen-bond donors (Lipinski definition) is 0. The number of nitrogens with zero attached hydrogens (tertiary/aromatic N) is 3. The molecule has 0 aliphatic carbocycles. The number of benzene rings is 1. The van der Waals surface area contributed by atoms with Crippen LogP contribution in [-0.4, -0.2) is 79.4 Å². The lowest BCUT2D eigenvalue weighted by Gasteiger charge is -2.38. The normalized spacial score (nSPS) is 15.5. The second kappa shape index (κ2) is 11.3. The third-order valence-corrected chi connectivity index (χ3v) is 5.55. The first-order chi connectivity index (χ1) is 14.6. The van der Waals surface area contributed by atoms with Crippen LogP contribution in [0.3, 0.4) is 0 Å². The minimum atomic E-state index is -0.337. The van der Waals surface area contributed by atoms with Gasteiger partial charge in [-0.15, -0.1) is 0 Å². The molecule has 31 heavy (non-hydrogen) atoms. The SMILES string of the molecule is COc1ccccc1/C=C/CN(CCN1CCN(C(=O)C(C)(C)C)CC1)C(=O)C(C)C. The van der Waals surface area contributed by atoms with Crippen LogP contribution < -0.4 is 4.74 Å². The van der Waals surface area contributed by atoms with Gasteiger partial charge in [0.25, 0.3) is 0 Å². The monoisotopic (exact) mass is 429 g/mol. The van der Waals surface area contributed by atoms with E-state index in [1.807, 2.05) is 80.8 Å². The van der Waals surface area contributed by atoms with Gasteiger partial charge < -0.3 is 14.5 Å². The van der Waals surface area contributed by atoms with Crippen molar-refractivity contribution in [1.82, 2.24) is 14.7 Å². The Morgan fingerprint density at radius 1 is 1.13 bits per heavy atom. The summed E-state index contributed by atoms with van der Waals surface area (Å²) in [4.78, 5) is 31.4. The van der Waals surface area contributed by atoms with Gasteiger partial charge in [-0.3, -0.25) is 14.5 Å². The molecule has 1 saturated heterocycles. The van der Waals surface area contributed by atoms with E-state index in [4.69, 9.17) is 4.74 Å². The van der Waals surface area contributed by atoms with E-state index in [-0.39, 0.29) is 23.1 Å². The molecule has 1 aliphatic heterocycles. The lowest BCUT2D eigenvalue weighted by molar-refractivity contribution is -0.141. The first-order valence-electron chi connectivity index (χ1n) is 11.2. The van der Waals surface area contributed by atoms with Crippen LogP contribution in [0.15, 0.2) is 30.3 Å². The zero-order chi connectivity index (χ0) is 23.0. The molecular formula is C25H39N3O3. The van der Waals surface area contributed by atoms with E-state index in [9.17, 15) is 9.59 Å². The van der Waals surface area contributed by atoms with Gasteiger partial charge >= 0.3 is 0 Å². The smallest absolute Gasteiger partial charge is 0.228 e. The number of carbonyl (C=O) groups is 2. The van der Waals surface area contributed by atoms with E-state index >= 15 is 0 Å². The van der Waals surface area contributed by atoms with Crippen molar-refractivity contribution < 1.29 is 14.3 Å². The lowest BCUT2D eigenvalue weighted by Crippen LogP contribution is -2.53. The highest BCUT2D eigenvalue weighted by Gasteiger charge is 2.29. The summed E-state index contributed by atoms with van der Waals surface area (Å²) in [6.45, 7) is 15.1. The van der Waals surface area contributed by atoms with E-state index in [1.165, 1.54) is 0 Å². The molecule has 0 bridgehead atoms. The summed E-state index contributed by atoms with van der Waals surface area (Å²) in [6, 6.07) is 7.85. The van der Waals surface area contributed by atoms with Crippen molar-refractivity contribution in [2.24, 2.45) is 11.3 Å².